The van der Waals surface area contributed by atoms with Crippen LogP contribution in [0.5, 0.6) is 0 Å². The highest BCUT2D eigenvalue weighted by atomic mass is 32.2. The topological polar surface area (TPSA) is 69.7 Å². The van der Waals surface area contributed by atoms with Gasteiger partial charge >= 0.3 is 6.18 Å². The van der Waals surface area contributed by atoms with Gasteiger partial charge in [-0.2, -0.15) is 13.2 Å². The summed E-state index contributed by atoms with van der Waals surface area (Å²) in [5.74, 6) is -0.455. The van der Waals surface area contributed by atoms with Gasteiger partial charge < -0.3 is 10.2 Å². The number of halogens is 3. The number of hydrogen-bond donors (Lipinski definition) is 1. The Kier molecular flexibility index (Phi) is 5.80. The molecule has 1 aliphatic heterocycles. The lowest BCUT2D eigenvalue weighted by Crippen LogP contribution is -2.54. The number of carbonyl (C=O) groups excluding carboxylic acids is 1. The predicted molar refractivity (Wildman–Crippen MR) is 109 cm³/mol. The van der Waals surface area contributed by atoms with Crippen molar-refractivity contribution in [1.82, 2.24) is 5.32 Å². The molecular formula is C20H20F3N3O3S. The molecule has 1 aliphatic rings. The van der Waals surface area contributed by atoms with Gasteiger partial charge in [0, 0.05) is 18.8 Å². The molecule has 1 atom stereocenters. The fraction of sp³-hybridized carbons (Fsp3) is 0.250. The molecule has 3 rings (SSSR count). The summed E-state index contributed by atoms with van der Waals surface area (Å²) in [6.07, 6.45) is -2.31. The zero-order valence-electron chi connectivity index (χ0n) is 16.1. The Morgan fingerprint density at radius 1 is 1.17 bits per heavy atom. The summed E-state index contributed by atoms with van der Waals surface area (Å²) >= 11 is 0. The van der Waals surface area contributed by atoms with Crippen LogP contribution in [-0.2, 0) is 21.0 Å². The average molecular weight is 439 g/mol. The molecular weight excluding hydrogens is 419 g/mol. The van der Waals surface area contributed by atoms with Crippen molar-refractivity contribution in [2.75, 3.05) is 28.6 Å². The maximum atomic E-state index is 12.9. The summed E-state index contributed by atoms with van der Waals surface area (Å²) in [6, 6.07) is 10.7. The molecule has 0 fully saturated rings. The molecule has 2 aromatic rings. The maximum Gasteiger partial charge on any atom is 0.416 e. The highest BCUT2D eigenvalue weighted by molar-refractivity contribution is 7.92. The monoisotopic (exact) mass is 439 g/mol. The molecule has 1 heterocycles. The first kappa shape index (κ1) is 21.7. The fourth-order valence-electron chi connectivity index (χ4n) is 3.42. The zero-order valence-corrected chi connectivity index (χ0v) is 16.9. The molecule has 30 heavy (non-hydrogen) atoms. The number of nitrogens with one attached hydrogen (secondary N) is 1. The number of benzene rings is 2. The molecule has 1 N–H and O–H groups in total. The molecule has 2 aromatic carbocycles. The van der Waals surface area contributed by atoms with E-state index in [-0.39, 0.29) is 13.1 Å². The zero-order chi connectivity index (χ0) is 22.1. The number of amides is 1. The standard InChI is InChI=1S/C20H20F3N3O3S/c1-3-19(27)24-12-16-13-25(15-10-8-14(9-11-15)20(21,22)23)17-6-4-5-7-18(17)26(16)30(2,28)29/h3-11,16H,1,12-13H2,2H3,(H,24,27). The molecule has 10 heteroatoms. The minimum absolute atomic E-state index is 0.00337. The number of carbonyl (C=O) groups is 1. The molecule has 0 aliphatic carbocycles. The van der Waals surface area contributed by atoms with E-state index in [4.69, 9.17) is 0 Å². The van der Waals surface area contributed by atoms with Crippen molar-refractivity contribution in [2.24, 2.45) is 0 Å². The number of sulfonamides is 1. The molecule has 0 saturated heterocycles. The van der Waals surface area contributed by atoms with E-state index in [2.05, 4.69) is 11.9 Å². The predicted octanol–water partition coefficient (Wildman–Crippen LogP) is 3.29. The molecule has 0 spiro atoms. The van der Waals surface area contributed by atoms with Gasteiger partial charge in [0.2, 0.25) is 15.9 Å². The molecule has 0 bridgehead atoms. The summed E-state index contributed by atoms with van der Waals surface area (Å²) in [6.45, 7) is 3.51. The second-order valence-electron chi connectivity index (χ2n) is 6.81. The molecule has 1 unspecified atom stereocenters. The summed E-state index contributed by atoms with van der Waals surface area (Å²) in [5.41, 5.74) is 0.616. The van der Waals surface area contributed by atoms with Gasteiger partial charge in [-0.15, -0.1) is 0 Å². The summed E-state index contributed by atoms with van der Waals surface area (Å²) in [4.78, 5) is 13.4. The van der Waals surface area contributed by atoms with Crippen molar-refractivity contribution in [1.29, 1.82) is 0 Å². The highest BCUT2D eigenvalue weighted by Gasteiger charge is 2.37. The normalized spacial score (nSPS) is 16.7. The smallest absolute Gasteiger partial charge is 0.350 e. The van der Waals surface area contributed by atoms with Crippen LogP contribution < -0.4 is 14.5 Å². The SMILES string of the molecule is C=CC(=O)NCC1CN(c2ccc(C(F)(F)F)cc2)c2ccccc2N1S(C)(=O)=O. The van der Waals surface area contributed by atoms with Gasteiger partial charge in [-0.3, -0.25) is 9.10 Å². The van der Waals surface area contributed by atoms with E-state index in [1.54, 1.807) is 29.2 Å². The fourth-order valence-corrected chi connectivity index (χ4v) is 4.62. The van der Waals surface area contributed by atoms with Crippen molar-refractivity contribution in [3.8, 4) is 0 Å². The van der Waals surface area contributed by atoms with Crippen LogP contribution in [0.15, 0.2) is 61.2 Å². The number of anilines is 3. The molecule has 1 amide bonds. The Labute approximate surface area is 172 Å². The number of rotatable bonds is 5. The van der Waals surface area contributed by atoms with E-state index in [1.807, 2.05) is 0 Å². The highest BCUT2D eigenvalue weighted by Crippen LogP contribution is 2.41. The average Bonchev–Trinajstić information content (AvgIpc) is 2.69. The van der Waals surface area contributed by atoms with Gasteiger partial charge in [0.25, 0.3) is 0 Å². The molecule has 160 valence electrons. The largest absolute Gasteiger partial charge is 0.416 e. The van der Waals surface area contributed by atoms with Crippen molar-refractivity contribution >= 4 is 33.0 Å². The van der Waals surface area contributed by atoms with Gasteiger partial charge in [-0.25, -0.2) is 8.42 Å². The third-order valence-electron chi connectivity index (χ3n) is 4.70. The first-order valence-electron chi connectivity index (χ1n) is 8.96. The van der Waals surface area contributed by atoms with Gasteiger partial charge in [0.1, 0.15) is 0 Å². The van der Waals surface area contributed by atoms with Gasteiger partial charge in [-0.05, 0) is 42.5 Å². The van der Waals surface area contributed by atoms with E-state index < -0.39 is 33.7 Å². The third-order valence-corrected chi connectivity index (χ3v) is 5.91. The van der Waals surface area contributed by atoms with E-state index in [9.17, 15) is 26.4 Å². The van der Waals surface area contributed by atoms with Crippen LogP contribution >= 0.6 is 0 Å². The summed E-state index contributed by atoms with van der Waals surface area (Å²) in [7, 11) is -3.69. The molecule has 6 nitrogen and oxygen atoms in total. The lowest BCUT2D eigenvalue weighted by molar-refractivity contribution is -0.137. The van der Waals surface area contributed by atoms with Crippen LogP contribution in [0.1, 0.15) is 5.56 Å². The minimum Gasteiger partial charge on any atom is -0.350 e. The second kappa shape index (κ2) is 8.02. The van der Waals surface area contributed by atoms with Crippen LogP contribution in [0, 0.1) is 0 Å². The quantitative estimate of drug-likeness (QED) is 0.726. The maximum absolute atomic E-state index is 12.9. The number of hydrogen-bond acceptors (Lipinski definition) is 4. The Hall–Kier alpha value is -3.01. The van der Waals surface area contributed by atoms with Crippen molar-refractivity contribution in [3.05, 3.63) is 66.7 Å². The van der Waals surface area contributed by atoms with E-state index in [0.717, 1.165) is 24.5 Å². The van der Waals surface area contributed by atoms with Gasteiger partial charge in [-0.1, -0.05) is 18.7 Å². The Morgan fingerprint density at radius 3 is 2.30 bits per heavy atom. The first-order chi connectivity index (χ1) is 14.0. The molecule has 0 aromatic heterocycles. The van der Waals surface area contributed by atoms with Gasteiger partial charge in [0.05, 0.1) is 29.2 Å². The summed E-state index contributed by atoms with van der Waals surface area (Å²) < 4.78 is 65.0. The second-order valence-corrected chi connectivity index (χ2v) is 8.67. The van der Waals surface area contributed by atoms with E-state index in [1.165, 1.54) is 16.4 Å². The van der Waals surface area contributed by atoms with Crippen LogP contribution in [0.2, 0.25) is 0 Å². The number of para-hydroxylation sites is 2. The Balaban J connectivity index is 2.05. The van der Waals surface area contributed by atoms with Crippen molar-refractivity contribution in [2.45, 2.75) is 12.2 Å². The number of alkyl halides is 3. The molecule has 0 radical (unpaired) electrons. The van der Waals surface area contributed by atoms with Crippen molar-refractivity contribution < 1.29 is 26.4 Å². The van der Waals surface area contributed by atoms with Crippen LogP contribution in [0.25, 0.3) is 0 Å². The van der Waals surface area contributed by atoms with E-state index in [0.29, 0.717) is 17.1 Å². The number of nitrogens with zero attached hydrogens (tertiary/aromatic N) is 2. The Morgan fingerprint density at radius 2 is 1.77 bits per heavy atom. The number of fused-ring (bicyclic) bond motifs is 1. The lowest BCUT2D eigenvalue weighted by Gasteiger charge is -2.43. The van der Waals surface area contributed by atoms with E-state index >= 15 is 0 Å². The molecule has 0 saturated carbocycles. The minimum atomic E-state index is -4.46. The van der Waals surface area contributed by atoms with Crippen LogP contribution in [-0.4, -0.2) is 39.7 Å². The Bertz CT molecular complexity index is 1050. The third kappa shape index (κ3) is 4.43. The van der Waals surface area contributed by atoms with Crippen LogP contribution in [0.3, 0.4) is 0 Å². The lowest BCUT2D eigenvalue weighted by atomic mass is 10.1. The van der Waals surface area contributed by atoms with Gasteiger partial charge in [0.15, 0.2) is 0 Å². The van der Waals surface area contributed by atoms with Crippen molar-refractivity contribution in [3.63, 3.8) is 0 Å². The summed E-state index contributed by atoms with van der Waals surface area (Å²) in [5, 5.41) is 2.60. The van der Waals surface area contributed by atoms with Crippen LogP contribution in [0.4, 0.5) is 30.2 Å². The first-order valence-corrected chi connectivity index (χ1v) is 10.8.